The Labute approximate surface area is 159 Å². The van der Waals surface area contributed by atoms with Crippen LogP contribution < -0.4 is 10.6 Å². The summed E-state index contributed by atoms with van der Waals surface area (Å²) in [4.78, 5) is 16.8. The molecule has 0 saturated carbocycles. The zero-order valence-electron chi connectivity index (χ0n) is 15.4. The van der Waals surface area contributed by atoms with Gasteiger partial charge in [0.15, 0.2) is 11.5 Å². The molecule has 4 rings (SSSR count). The fourth-order valence-corrected chi connectivity index (χ4v) is 3.63. The molecule has 0 radical (unpaired) electrons. The lowest BCUT2D eigenvalue weighted by Crippen LogP contribution is -2.28. The summed E-state index contributed by atoms with van der Waals surface area (Å²) in [5.41, 5.74) is 3.45. The van der Waals surface area contributed by atoms with Gasteiger partial charge in [-0.25, -0.2) is 4.98 Å². The predicted octanol–water partition coefficient (Wildman–Crippen LogP) is 4.14. The van der Waals surface area contributed by atoms with Crippen molar-refractivity contribution < 1.29 is 9.21 Å². The normalized spacial score (nSPS) is 15.1. The highest BCUT2D eigenvalue weighted by Gasteiger charge is 2.15. The van der Waals surface area contributed by atoms with Crippen LogP contribution in [0.3, 0.4) is 0 Å². The summed E-state index contributed by atoms with van der Waals surface area (Å²) < 4.78 is 5.88. The number of nitrogens with zero attached hydrogens (tertiary/aromatic N) is 1. The van der Waals surface area contributed by atoms with Gasteiger partial charge in [-0.05, 0) is 56.0 Å². The Kier molecular flexibility index (Phi) is 5.49. The van der Waals surface area contributed by atoms with E-state index in [-0.39, 0.29) is 5.91 Å². The summed E-state index contributed by atoms with van der Waals surface area (Å²) in [6, 6.07) is 15.8. The first-order chi connectivity index (χ1) is 13.3. The second-order valence-corrected chi connectivity index (χ2v) is 7.23. The Morgan fingerprint density at radius 2 is 1.96 bits per heavy atom. The fraction of sp³-hybridized carbons (Fsp3) is 0.364. The van der Waals surface area contributed by atoms with Gasteiger partial charge in [-0.15, -0.1) is 0 Å². The van der Waals surface area contributed by atoms with Gasteiger partial charge in [0.05, 0.1) is 0 Å². The minimum absolute atomic E-state index is 0.0666. The molecule has 1 amide bonds. The van der Waals surface area contributed by atoms with Crippen LogP contribution >= 0.6 is 0 Å². The number of carbonyl (C=O) groups excluding carboxylic acids is 1. The van der Waals surface area contributed by atoms with Gasteiger partial charge in [0.2, 0.25) is 5.91 Å². The lowest BCUT2D eigenvalue weighted by molar-refractivity contribution is -0.116. The lowest BCUT2D eigenvalue weighted by Gasteiger charge is -2.22. The second kappa shape index (κ2) is 8.35. The van der Waals surface area contributed by atoms with Crippen LogP contribution in [0.2, 0.25) is 0 Å². The molecule has 0 aliphatic carbocycles. The highest BCUT2D eigenvalue weighted by atomic mass is 16.3. The molecular formula is C22H25N3O2. The Morgan fingerprint density at radius 3 is 2.78 bits per heavy atom. The van der Waals surface area contributed by atoms with Gasteiger partial charge in [0.25, 0.3) is 0 Å². The molecule has 0 atom stereocenters. The number of fused-ring (bicyclic) bond motifs is 1. The maximum absolute atomic E-state index is 12.3. The first-order valence-electron chi connectivity index (χ1n) is 9.70. The quantitative estimate of drug-likeness (QED) is 0.691. The molecule has 5 heteroatoms. The van der Waals surface area contributed by atoms with Crippen molar-refractivity contribution in [2.45, 2.75) is 32.1 Å². The lowest BCUT2D eigenvalue weighted by atomic mass is 9.93. The van der Waals surface area contributed by atoms with E-state index >= 15 is 0 Å². The van der Waals surface area contributed by atoms with Crippen molar-refractivity contribution in [1.29, 1.82) is 0 Å². The number of rotatable bonds is 6. The Hall–Kier alpha value is -2.66. The number of amides is 1. The number of oxazole rings is 1. The summed E-state index contributed by atoms with van der Waals surface area (Å²) in [6.07, 6.45) is 4.52. The van der Waals surface area contributed by atoms with Crippen LogP contribution in [0.1, 0.15) is 37.1 Å². The average molecular weight is 363 g/mol. The van der Waals surface area contributed by atoms with Crippen molar-refractivity contribution in [2.75, 3.05) is 18.4 Å². The maximum atomic E-state index is 12.3. The first-order valence-corrected chi connectivity index (χ1v) is 9.70. The topological polar surface area (TPSA) is 67.2 Å². The van der Waals surface area contributed by atoms with Gasteiger partial charge in [0.1, 0.15) is 5.52 Å². The smallest absolute Gasteiger partial charge is 0.224 e. The molecule has 0 spiro atoms. The molecule has 1 aliphatic rings. The van der Waals surface area contributed by atoms with Crippen LogP contribution in [-0.4, -0.2) is 24.0 Å². The van der Waals surface area contributed by atoms with E-state index in [1.807, 2.05) is 36.4 Å². The number of carbonyl (C=O) groups is 1. The molecule has 0 bridgehead atoms. The molecule has 1 fully saturated rings. The SMILES string of the molecule is O=C(CCC1CCNCC1)Nc1ccc2nc(Cc3ccccc3)oc2c1. The third-order valence-electron chi connectivity index (χ3n) is 5.15. The van der Waals surface area contributed by atoms with E-state index in [0.29, 0.717) is 30.2 Å². The molecule has 27 heavy (non-hydrogen) atoms. The van der Waals surface area contributed by atoms with Gasteiger partial charge in [0, 0.05) is 24.6 Å². The van der Waals surface area contributed by atoms with E-state index < -0.39 is 0 Å². The van der Waals surface area contributed by atoms with Gasteiger partial charge in [-0.1, -0.05) is 30.3 Å². The molecule has 1 aromatic heterocycles. The van der Waals surface area contributed by atoms with E-state index in [4.69, 9.17) is 4.42 Å². The third kappa shape index (κ3) is 4.74. The summed E-state index contributed by atoms with van der Waals surface area (Å²) in [5, 5.41) is 6.35. The monoisotopic (exact) mass is 363 g/mol. The first kappa shape index (κ1) is 17.7. The molecule has 1 saturated heterocycles. The highest BCUT2D eigenvalue weighted by molar-refractivity contribution is 5.92. The third-order valence-corrected chi connectivity index (χ3v) is 5.15. The van der Waals surface area contributed by atoms with Crippen LogP contribution in [0.25, 0.3) is 11.1 Å². The van der Waals surface area contributed by atoms with Gasteiger partial charge < -0.3 is 15.1 Å². The zero-order valence-corrected chi connectivity index (χ0v) is 15.4. The largest absolute Gasteiger partial charge is 0.440 e. The van der Waals surface area contributed by atoms with E-state index in [2.05, 4.69) is 27.8 Å². The van der Waals surface area contributed by atoms with Crippen LogP contribution in [0.5, 0.6) is 0 Å². The summed E-state index contributed by atoms with van der Waals surface area (Å²) in [6.45, 7) is 2.14. The summed E-state index contributed by atoms with van der Waals surface area (Å²) in [5.74, 6) is 1.41. The molecular weight excluding hydrogens is 338 g/mol. The van der Waals surface area contributed by atoms with E-state index in [1.165, 1.54) is 12.8 Å². The number of benzene rings is 2. The molecule has 1 aliphatic heterocycles. The van der Waals surface area contributed by atoms with E-state index in [0.717, 1.165) is 36.3 Å². The standard InChI is InChI=1S/C22H25N3O2/c26-21(9-6-16-10-12-23-13-11-16)24-18-7-8-19-20(15-18)27-22(25-19)14-17-4-2-1-3-5-17/h1-5,7-8,15-16,23H,6,9-14H2,(H,24,26). The highest BCUT2D eigenvalue weighted by Crippen LogP contribution is 2.23. The van der Waals surface area contributed by atoms with Gasteiger partial charge in [-0.2, -0.15) is 0 Å². The summed E-state index contributed by atoms with van der Waals surface area (Å²) >= 11 is 0. The van der Waals surface area contributed by atoms with Crippen molar-refractivity contribution >= 4 is 22.7 Å². The van der Waals surface area contributed by atoms with Crippen LogP contribution in [0, 0.1) is 5.92 Å². The predicted molar refractivity (Wildman–Crippen MR) is 107 cm³/mol. The molecule has 3 aromatic rings. The zero-order chi connectivity index (χ0) is 18.5. The van der Waals surface area contributed by atoms with Crippen LogP contribution in [-0.2, 0) is 11.2 Å². The Morgan fingerprint density at radius 1 is 1.15 bits per heavy atom. The summed E-state index contributed by atoms with van der Waals surface area (Å²) in [7, 11) is 0. The number of hydrogen-bond donors (Lipinski definition) is 2. The second-order valence-electron chi connectivity index (χ2n) is 7.23. The van der Waals surface area contributed by atoms with Crippen molar-refractivity contribution in [3.05, 3.63) is 60.0 Å². The van der Waals surface area contributed by atoms with E-state index in [1.54, 1.807) is 0 Å². The van der Waals surface area contributed by atoms with Crippen molar-refractivity contribution in [3.8, 4) is 0 Å². The Balaban J connectivity index is 1.37. The minimum Gasteiger partial charge on any atom is -0.440 e. The van der Waals surface area contributed by atoms with Crippen molar-refractivity contribution in [1.82, 2.24) is 10.3 Å². The molecule has 2 aromatic carbocycles. The fourth-order valence-electron chi connectivity index (χ4n) is 3.63. The number of hydrogen-bond acceptors (Lipinski definition) is 4. The molecule has 5 nitrogen and oxygen atoms in total. The number of aromatic nitrogens is 1. The molecule has 0 unspecified atom stereocenters. The maximum Gasteiger partial charge on any atom is 0.224 e. The average Bonchev–Trinajstić information content (AvgIpc) is 3.09. The van der Waals surface area contributed by atoms with E-state index in [9.17, 15) is 4.79 Å². The minimum atomic E-state index is 0.0666. The van der Waals surface area contributed by atoms with Crippen LogP contribution in [0.15, 0.2) is 52.9 Å². The van der Waals surface area contributed by atoms with Crippen LogP contribution in [0.4, 0.5) is 5.69 Å². The number of nitrogens with one attached hydrogen (secondary N) is 2. The Bertz CT molecular complexity index is 898. The van der Waals surface area contributed by atoms with Crippen molar-refractivity contribution in [2.24, 2.45) is 5.92 Å². The van der Waals surface area contributed by atoms with Gasteiger partial charge in [-0.3, -0.25) is 4.79 Å². The number of anilines is 1. The molecule has 2 N–H and O–H groups in total. The molecule has 2 heterocycles. The molecule has 140 valence electrons. The van der Waals surface area contributed by atoms with Gasteiger partial charge >= 0.3 is 0 Å². The number of piperidine rings is 1. The van der Waals surface area contributed by atoms with Crippen molar-refractivity contribution in [3.63, 3.8) is 0 Å².